The summed E-state index contributed by atoms with van der Waals surface area (Å²) in [5, 5.41) is 3.37. The molecule has 106 valence electrons. The van der Waals surface area contributed by atoms with Crippen molar-refractivity contribution in [2.24, 2.45) is 0 Å². The fourth-order valence-corrected chi connectivity index (χ4v) is 2.31. The van der Waals surface area contributed by atoms with Gasteiger partial charge >= 0.3 is 6.18 Å². The van der Waals surface area contributed by atoms with Gasteiger partial charge in [-0.2, -0.15) is 13.2 Å². The van der Waals surface area contributed by atoms with Crippen molar-refractivity contribution in [2.75, 3.05) is 25.0 Å². The van der Waals surface area contributed by atoms with Crippen LogP contribution in [-0.2, 0) is 6.18 Å². The van der Waals surface area contributed by atoms with Crippen molar-refractivity contribution in [2.45, 2.75) is 31.5 Å². The van der Waals surface area contributed by atoms with Gasteiger partial charge in [-0.25, -0.2) is 4.98 Å². The van der Waals surface area contributed by atoms with Crippen LogP contribution >= 0.6 is 0 Å². The van der Waals surface area contributed by atoms with Crippen LogP contribution in [0.1, 0.15) is 24.8 Å². The Morgan fingerprint density at radius 2 is 2.21 bits per heavy atom. The van der Waals surface area contributed by atoms with E-state index < -0.39 is 11.7 Å². The fraction of sp³-hybridized carbons (Fsp3) is 0.615. The van der Waals surface area contributed by atoms with Crippen molar-refractivity contribution in [3.8, 4) is 0 Å². The summed E-state index contributed by atoms with van der Waals surface area (Å²) >= 11 is 0. The standard InChI is InChI=1S/C13H18F3N3/c1-19(9-11-4-2-3-6-17-11)12-8-10(5-7-18-12)13(14,15)16/h5,7-8,11,17H,2-4,6,9H2,1H3. The Bertz CT molecular complexity index is 414. The molecule has 1 aromatic rings. The molecule has 19 heavy (non-hydrogen) atoms. The maximum absolute atomic E-state index is 12.6. The number of nitrogens with one attached hydrogen (secondary N) is 1. The van der Waals surface area contributed by atoms with E-state index in [1.165, 1.54) is 19.0 Å². The summed E-state index contributed by atoms with van der Waals surface area (Å²) in [4.78, 5) is 5.79. The molecule has 1 aliphatic rings. The molecule has 6 heteroatoms. The first-order valence-corrected chi connectivity index (χ1v) is 6.44. The molecule has 0 aliphatic carbocycles. The van der Waals surface area contributed by atoms with Gasteiger partial charge in [-0.15, -0.1) is 0 Å². The lowest BCUT2D eigenvalue weighted by Crippen LogP contribution is -2.42. The van der Waals surface area contributed by atoms with Gasteiger partial charge in [0.25, 0.3) is 0 Å². The average Bonchev–Trinajstić information content (AvgIpc) is 2.39. The smallest absolute Gasteiger partial charge is 0.358 e. The highest BCUT2D eigenvalue weighted by Crippen LogP contribution is 2.30. The van der Waals surface area contributed by atoms with Crippen LogP contribution in [0.3, 0.4) is 0 Å². The zero-order valence-corrected chi connectivity index (χ0v) is 10.9. The van der Waals surface area contributed by atoms with Crippen LogP contribution in [0.4, 0.5) is 19.0 Å². The van der Waals surface area contributed by atoms with E-state index in [2.05, 4.69) is 10.3 Å². The highest BCUT2D eigenvalue weighted by molar-refractivity contribution is 5.41. The second-order valence-corrected chi connectivity index (χ2v) is 4.93. The lowest BCUT2D eigenvalue weighted by Gasteiger charge is -2.29. The van der Waals surface area contributed by atoms with Crippen molar-refractivity contribution >= 4 is 5.82 Å². The molecule has 3 nitrogen and oxygen atoms in total. The zero-order chi connectivity index (χ0) is 13.9. The third-order valence-electron chi connectivity index (χ3n) is 3.37. The molecule has 2 rings (SSSR count). The topological polar surface area (TPSA) is 28.2 Å². The Morgan fingerprint density at radius 1 is 1.42 bits per heavy atom. The first-order valence-electron chi connectivity index (χ1n) is 6.44. The first kappa shape index (κ1) is 14.1. The van der Waals surface area contributed by atoms with E-state index in [0.29, 0.717) is 18.4 Å². The largest absolute Gasteiger partial charge is 0.416 e. The Kier molecular flexibility index (Phi) is 4.29. The number of likely N-dealkylation sites (N-methyl/N-ethyl adjacent to an activating group) is 1. The number of anilines is 1. The van der Waals surface area contributed by atoms with E-state index >= 15 is 0 Å². The molecule has 0 bridgehead atoms. The predicted molar refractivity (Wildman–Crippen MR) is 68.2 cm³/mol. The van der Waals surface area contributed by atoms with Crippen LogP contribution in [0.25, 0.3) is 0 Å². The molecule has 2 heterocycles. The molecule has 1 fully saturated rings. The third-order valence-corrected chi connectivity index (χ3v) is 3.37. The van der Waals surface area contributed by atoms with Crippen molar-refractivity contribution in [3.63, 3.8) is 0 Å². The van der Waals surface area contributed by atoms with Gasteiger partial charge in [0, 0.05) is 25.8 Å². The van der Waals surface area contributed by atoms with Crippen LogP contribution in [-0.4, -0.2) is 31.2 Å². The minimum absolute atomic E-state index is 0.329. The summed E-state index contributed by atoms with van der Waals surface area (Å²) in [6, 6.07) is 2.43. The maximum Gasteiger partial charge on any atom is 0.416 e. The van der Waals surface area contributed by atoms with Crippen LogP contribution in [0, 0.1) is 0 Å². The predicted octanol–water partition coefficient (Wildman–Crippen LogP) is 2.68. The fourth-order valence-electron chi connectivity index (χ4n) is 2.31. The van der Waals surface area contributed by atoms with Crippen molar-refractivity contribution in [3.05, 3.63) is 23.9 Å². The van der Waals surface area contributed by atoms with Gasteiger partial charge in [0.2, 0.25) is 0 Å². The van der Waals surface area contributed by atoms with Crippen LogP contribution in [0.15, 0.2) is 18.3 Å². The summed E-state index contributed by atoms with van der Waals surface area (Å²) in [5.41, 5.74) is -0.652. The Labute approximate surface area is 110 Å². The molecule has 0 amide bonds. The van der Waals surface area contributed by atoms with E-state index in [-0.39, 0.29) is 0 Å². The van der Waals surface area contributed by atoms with E-state index in [4.69, 9.17) is 0 Å². The molecule has 1 atom stereocenters. The van der Waals surface area contributed by atoms with E-state index in [1.807, 2.05) is 0 Å². The molecular weight excluding hydrogens is 255 g/mol. The number of hydrogen-bond donors (Lipinski definition) is 1. The molecule has 0 radical (unpaired) electrons. The van der Waals surface area contributed by atoms with E-state index in [1.54, 1.807) is 11.9 Å². The molecular formula is C13H18F3N3. The lowest BCUT2D eigenvalue weighted by atomic mass is 10.0. The van der Waals surface area contributed by atoms with Crippen molar-refractivity contribution in [1.82, 2.24) is 10.3 Å². The minimum Gasteiger partial charge on any atom is -0.358 e. The molecule has 1 aliphatic heterocycles. The van der Waals surface area contributed by atoms with Gasteiger partial charge in [-0.3, -0.25) is 0 Å². The van der Waals surface area contributed by atoms with Gasteiger partial charge in [0.1, 0.15) is 5.82 Å². The SMILES string of the molecule is CN(CC1CCCCN1)c1cc(C(F)(F)F)ccn1. The second kappa shape index (κ2) is 5.77. The van der Waals surface area contributed by atoms with Gasteiger partial charge < -0.3 is 10.2 Å². The zero-order valence-electron chi connectivity index (χ0n) is 10.9. The van der Waals surface area contributed by atoms with Crippen molar-refractivity contribution in [1.29, 1.82) is 0 Å². The molecule has 1 N–H and O–H groups in total. The van der Waals surface area contributed by atoms with Crippen LogP contribution in [0.5, 0.6) is 0 Å². The molecule has 0 spiro atoms. The highest BCUT2D eigenvalue weighted by Gasteiger charge is 2.31. The number of nitrogens with zero attached hydrogens (tertiary/aromatic N) is 2. The summed E-state index contributed by atoms with van der Waals surface area (Å²) in [7, 11) is 1.78. The Morgan fingerprint density at radius 3 is 2.84 bits per heavy atom. The summed E-state index contributed by atoms with van der Waals surface area (Å²) in [6.45, 7) is 1.66. The third kappa shape index (κ3) is 3.83. The normalized spacial score (nSPS) is 20.3. The maximum atomic E-state index is 12.6. The van der Waals surface area contributed by atoms with Gasteiger partial charge in [0.05, 0.1) is 5.56 Å². The monoisotopic (exact) mass is 273 g/mol. The number of halogens is 3. The average molecular weight is 273 g/mol. The summed E-state index contributed by atoms with van der Waals surface area (Å²) in [5.74, 6) is 0.363. The number of pyridine rings is 1. The molecule has 0 saturated carbocycles. The lowest BCUT2D eigenvalue weighted by molar-refractivity contribution is -0.137. The Hall–Kier alpha value is -1.30. The van der Waals surface area contributed by atoms with Gasteiger partial charge in [-0.1, -0.05) is 6.42 Å². The molecule has 1 aromatic heterocycles. The summed E-state index contributed by atoms with van der Waals surface area (Å²) < 4.78 is 37.9. The van der Waals surface area contributed by atoms with Gasteiger partial charge in [0.15, 0.2) is 0 Å². The Balaban J connectivity index is 2.04. The number of aromatic nitrogens is 1. The number of rotatable bonds is 3. The number of piperidine rings is 1. The quantitative estimate of drug-likeness (QED) is 0.917. The molecule has 1 saturated heterocycles. The summed E-state index contributed by atoms with van der Waals surface area (Å²) in [6.07, 6.45) is 0.289. The minimum atomic E-state index is -4.32. The highest BCUT2D eigenvalue weighted by atomic mass is 19.4. The second-order valence-electron chi connectivity index (χ2n) is 4.93. The van der Waals surface area contributed by atoms with E-state index in [0.717, 1.165) is 25.1 Å². The molecule has 1 unspecified atom stereocenters. The first-order chi connectivity index (χ1) is 8.97. The number of alkyl halides is 3. The van der Waals surface area contributed by atoms with Gasteiger partial charge in [-0.05, 0) is 31.5 Å². The van der Waals surface area contributed by atoms with Crippen LogP contribution < -0.4 is 10.2 Å². The number of hydrogen-bond acceptors (Lipinski definition) is 3. The molecule has 0 aromatic carbocycles. The van der Waals surface area contributed by atoms with Crippen molar-refractivity contribution < 1.29 is 13.2 Å². The van der Waals surface area contributed by atoms with E-state index in [9.17, 15) is 13.2 Å². The van der Waals surface area contributed by atoms with Crippen LogP contribution in [0.2, 0.25) is 0 Å².